The Morgan fingerprint density at radius 3 is 2.36 bits per heavy atom. The number of aromatic nitrogens is 1. The summed E-state index contributed by atoms with van der Waals surface area (Å²) in [7, 11) is 2.77. The van der Waals surface area contributed by atoms with Crippen molar-refractivity contribution >= 4 is 33.8 Å². The zero-order chi connectivity index (χ0) is 28.4. The fraction of sp³-hybridized carbons (Fsp3) is 0.231. The lowest BCUT2D eigenvalue weighted by Gasteiger charge is -2.12. The largest absolute Gasteiger partial charge is 0.504 e. The minimum atomic E-state index is -1.18. The van der Waals surface area contributed by atoms with E-state index in [1.165, 1.54) is 23.9 Å². The number of fused-ring (bicyclic) bond motifs is 2. The highest BCUT2D eigenvalue weighted by Crippen LogP contribution is 2.36. The van der Waals surface area contributed by atoms with Crippen molar-refractivity contribution in [3.8, 4) is 34.1 Å². The lowest BCUT2D eigenvalue weighted by Crippen LogP contribution is -2.18. The average Bonchev–Trinajstić information content (AvgIpc) is 2.90. The van der Waals surface area contributed by atoms with Crippen LogP contribution in [0.1, 0.15) is 16.8 Å². The van der Waals surface area contributed by atoms with Gasteiger partial charge in [0.15, 0.2) is 28.4 Å². The van der Waals surface area contributed by atoms with Crippen LogP contribution in [0, 0.1) is 0 Å². The quantitative estimate of drug-likeness (QED) is 0.144. The van der Waals surface area contributed by atoms with Crippen molar-refractivity contribution in [3.63, 3.8) is 0 Å². The Morgan fingerprint density at radius 2 is 1.64 bits per heavy atom. The van der Waals surface area contributed by atoms with Crippen LogP contribution >= 0.6 is 0 Å². The summed E-state index contributed by atoms with van der Waals surface area (Å²) in [6, 6.07) is 3.17. The van der Waals surface area contributed by atoms with E-state index in [1.807, 2.05) is 0 Å². The fourth-order valence-corrected chi connectivity index (χ4v) is 3.97. The number of ether oxygens (including phenoxy) is 3. The maximum Gasteiger partial charge on any atom is 0.343 e. The maximum atomic E-state index is 13.6. The van der Waals surface area contributed by atoms with Gasteiger partial charge in [0.05, 0.1) is 54.2 Å². The van der Waals surface area contributed by atoms with E-state index >= 15 is 0 Å². The van der Waals surface area contributed by atoms with Gasteiger partial charge in [-0.25, -0.2) is 4.79 Å². The van der Waals surface area contributed by atoms with E-state index in [1.54, 1.807) is 7.05 Å². The van der Waals surface area contributed by atoms with Crippen molar-refractivity contribution in [2.75, 3.05) is 26.9 Å². The molecular weight excluding hydrogens is 518 g/mol. The van der Waals surface area contributed by atoms with Crippen molar-refractivity contribution in [2.24, 2.45) is 7.05 Å². The third-order valence-corrected chi connectivity index (χ3v) is 5.94. The first kappa shape index (κ1) is 27.0. The predicted molar refractivity (Wildman–Crippen MR) is 135 cm³/mol. The highest BCUT2D eigenvalue weighted by Gasteiger charge is 2.26. The number of carbonyl (C=O) groups excluding carboxylic acids is 2. The molecule has 4 rings (SSSR count). The van der Waals surface area contributed by atoms with Crippen molar-refractivity contribution in [1.29, 1.82) is 0 Å². The van der Waals surface area contributed by atoms with Gasteiger partial charge in [-0.05, 0) is 6.07 Å². The average molecular weight is 541 g/mol. The molecule has 0 radical (unpaired) electrons. The third-order valence-electron chi connectivity index (χ3n) is 5.94. The summed E-state index contributed by atoms with van der Waals surface area (Å²) in [5.74, 6) is -4.33. The Labute approximate surface area is 218 Å². The highest BCUT2D eigenvalue weighted by atomic mass is 16.6. The molecule has 0 atom stereocenters. The van der Waals surface area contributed by atoms with E-state index in [4.69, 9.17) is 13.9 Å². The van der Waals surface area contributed by atoms with Crippen molar-refractivity contribution in [2.45, 2.75) is 6.42 Å². The van der Waals surface area contributed by atoms with Gasteiger partial charge in [-0.2, -0.15) is 0 Å². The third kappa shape index (κ3) is 5.07. The molecule has 0 saturated heterocycles. The minimum Gasteiger partial charge on any atom is -0.504 e. The monoisotopic (exact) mass is 541 g/mol. The van der Waals surface area contributed by atoms with E-state index in [-0.39, 0.29) is 53.9 Å². The van der Waals surface area contributed by atoms with Gasteiger partial charge in [0.2, 0.25) is 5.43 Å². The van der Waals surface area contributed by atoms with E-state index in [0.717, 1.165) is 18.4 Å². The second kappa shape index (κ2) is 10.8. The molecule has 2 aromatic heterocycles. The number of pyridine rings is 1. The van der Waals surface area contributed by atoms with Gasteiger partial charge >= 0.3 is 11.9 Å². The van der Waals surface area contributed by atoms with Crippen LogP contribution in [-0.4, -0.2) is 63.9 Å². The van der Waals surface area contributed by atoms with E-state index in [0.29, 0.717) is 0 Å². The lowest BCUT2D eigenvalue weighted by molar-refractivity contribution is -0.141. The van der Waals surface area contributed by atoms with Crippen LogP contribution in [0.2, 0.25) is 0 Å². The SMILES string of the molecule is COC(=O)CCOCCOC(=O)c1c(O)c(O)cc2occ(-c3cn(C)c4cc(O)c(O)cc4c3=O)c(=O)c12. The molecule has 0 spiro atoms. The molecule has 0 aliphatic heterocycles. The van der Waals surface area contributed by atoms with Crippen molar-refractivity contribution < 1.29 is 48.6 Å². The second-order valence-electron chi connectivity index (χ2n) is 8.39. The molecule has 0 amide bonds. The van der Waals surface area contributed by atoms with Gasteiger partial charge in [0.25, 0.3) is 0 Å². The molecule has 2 heterocycles. The number of phenols is 4. The van der Waals surface area contributed by atoms with Crippen LogP contribution in [-0.2, 0) is 26.1 Å². The summed E-state index contributed by atoms with van der Waals surface area (Å²) in [6.07, 6.45) is 2.26. The number of hydrogen-bond acceptors (Lipinski definition) is 12. The Morgan fingerprint density at radius 1 is 0.923 bits per heavy atom. The van der Waals surface area contributed by atoms with Crippen LogP contribution in [0.4, 0.5) is 0 Å². The molecule has 39 heavy (non-hydrogen) atoms. The molecule has 4 N–H and O–H groups in total. The van der Waals surface area contributed by atoms with Gasteiger partial charge in [-0.1, -0.05) is 0 Å². The van der Waals surface area contributed by atoms with Crippen LogP contribution < -0.4 is 10.9 Å². The van der Waals surface area contributed by atoms with Crippen LogP contribution in [0.5, 0.6) is 23.0 Å². The maximum absolute atomic E-state index is 13.6. The minimum absolute atomic E-state index is 0.00909. The smallest absolute Gasteiger partial charge is 0.343 e. The first-order valence-electron chi connectivity index (χ1n) is 11.4. The number of rotatable bonds is 8. The molecule has 0 saturated carbocycles. The number of benzene rings is 2. The molecule has 0 fully saturated rings. The summed E-state index contributed by atoms with van der Waals surface area (Å²) in [4.78, 5) is 50.8. The summed E-state index contributed by atoms with van der Waals surface area (Å²) in [5.41, 5.74) is -2.67. The lowest BCUT2D eigenvalue weighted by atomic mass is 10.0. The number of hydrogen-bond donors (Lipinski definition) is 4. The Bertz CT molecular complexity index is 1730. The number of esters is 2. The van der Waals surface area contributed by atoms with Crippen LogP contribution in [0.25, 0.3) is 33.0 Å². The molecule has 0 bridgehead atoms. The Kier molecular flexibility index (Phi) is 7.44. The summed E-state index contributed by atoms with van der Waals surface area (Å²) in [6.45, 7) is -0.422. The zero-order valence-electron chi connectivity index (χ0n) is 20.7. The van der Waals surface area contributed by atoms with E-state index in [2.05, 4.69) is 4.74 Å². The number of carbonyl (C=O) groups is 2. The standard InChI is InChI=1S/C26H23NO12/c1-27-10-13(23(32)12-7-16(28)17(29)8-15(12)27)14-11-39-19-9-18(30)25(34)22(21(19)24(14)33)26(35)38-6-5-37-4-3-20(31)36-2/h7-11,28-30,34H,3-6H2,1-2H3. The van der Waals surface area contributed by atoms with Gasteiger partial charge in [-0.3, -0.25) is 14.4 Å². The molecular formula is C26H23NO12. The molecule has 2 aromatic carbocycles. The van der Waals surface area contributed by atoms with Crippen molar-refractivity contribution in [3.05, 3.63) is 56.7 Å². The summed E-state index contributed by atoms with van der Waals surface area (Å²) >= 11 is 0. The normalized spacial score (nSPS) is 11.1. The second-order valence-corrected chi connectivity index (χ2v) is 8.39. The van der Waals surface area contributed by atoms with Crippen LogP contribution in [0.3, 0.4) is 0 Å². The fourth-order valence-electron chi connectivity index (χ4n) is 3.97. The zero-order valence-corrected chi connectivity index (χ0v) is 20.7. The van der Waals surface area contributed by atoms with Gasteiger partial charge < -0.3 is 43.6 Å². The number of aromatic hydroxyl groups is 4. The summed E-state index contributed by atoms with van der Waals surface area (Å²) < 4.78 is 21.6. The van der Waals surface area contributed by atoms with Gasteiger partial charge in [-0.15, -0.1) is 0 Å². The van der Waals surface area contributed by atoms with E-state index < -0.39 is 56.7 Å². The first-order chi connectivity index (χ1) is 18.5. The first-order valence-corrected chi connectivity index (χ1v) is 11.4. The highest BCUT2D eigenvalue weighted by molar-refractivity contribution is 6.07. The Hall–Kier alpha value is -5.04. The molecule has 4 aromatic rings. The molecule has 204 valence electrons. The molecule has 13 nitrogen and oxygen atoms in total. The number of methoxy groups -OCH3 is 1. The van der Waals surface area contributed by atoms with Crippen LogP contribution in [0.15, 0.2) is 44.7 Å². The number of nitrogens with zero attached hydrogens (tertiary/aromatic N) is 1. The molecule has 0 aliphatic rings. The predicted octanol–water partition coefficient (Wildman–Crippen LogP) is 1.87. The van der Waals surface area contributed by atoms with Crippen molar-refractivity contribution in [1.82, 2.24) is 4.57 Å². The van der Waals surface area contributed by atoms with Gasteiger partial charge in [0.1, 0.15) is 24.0 Å². The molecule has 0 unspecified atom stereocenters. The van der Waals surface area contributed by atoms with Gasteiger partial charge in [0, 0.05) is 25.4 Å². The van der Waals surface area contributed by atoms with E-state index in [9.17, 15) is 39.6 Å². The molecule has 13 heteroatoms. The summed E-state index contributed by atoms with van der Waals surface area (Å²) in [5, 5.41) is 39.8. The topological polar surface area (TPSA) is 195 Å². The number of aryl methyl sites for hydroxylation is 1. The Balaban J connectivity index is 1.76. The molecule has 0 aliphatic carbocycles. The number of phenolic OH excluding ortho intramolecular Hbond substituents is 4.